The first-order valence-corrected chi connectivity index (χ1v) is 4.14. The number of carbonyl (C=O) groups excluding carboxylic acids is 2. The molecule has 0 amide bonds. The summed E-state index contributed by atoms with van der Waals surface area (Å²) >= 11 is 0. The highest BCUT2D eigenvalue weighted by Gasteiger charge is 2.02. The SMILES string of the molecule is COC(C)=O.COCC(C)OC(C)=O. The van der Waals surface area contributed by atoms with Crippen molar-refractivity contribution in [2.45, 2.75) is 26.9 Å². The van der Waals surface area contributed by atoms with Crippen LogP contribution in [0.2, 0.25) is 0 Å². The van der Waals surface area contributed by atoms with E-state index in [1.807, 2.05) is 0 Å². The average molecular weight is 206 g/mol. The first kappa shape index (κ1) is 15.4. The molecule has 0 N–H and O–H groups in total. The summed E-state index contributed by atoms with van der Waals surface area (Å²) in [6, 6.07) is 0. The van der Waals surface area contributed by atoms with Crippen molar-refractivity contribution in [3.8, 4) is 0 Å². The molecule has 0 aromatic carbocycles. The van der Waals surface area contributed by atoms with Gasteiger partial charge in [0.2, 0.25) is 0 Å². The number of esters is 2. The fraction of sp³-hybridized carbons (Fsp3) is 0.778. The Balaban J connectivity index is 0. The molecule has 0 aromatic rings. The van der Waals surface area contributed by atoms with Crippen LogP contribution in [0.5, 0.6) is 0 Å². The quantitative estimate of drug-likeness (QED) is 0.638. The van der Waals surface area contributed by atoms with Gasteiger partial charge in [-0.25, -0.2) is 0 Å². The molecule has 0 saturated carbocycles. The monoisotopic (exact) mass is 206 g/mol. The molecule has 0 rings (SSSR count). The third-order valence-corrected chi connectivity index (χ3v) is 1.06. The Morgan fingerprint density at radius 3 is 1.79 bits per heavy atom. The molecule has 5 nitrogen and oxygen atoms in total. The molecule has 0 aliphatic rings. The lowest BCUT2D eigenvalue weighted by molar-refractivity contribution is -0.147. The summed E-state index contributed by atoms with van der Waals surface area (Å²) in [6.45, 7) is 4.98. The van der Waals surface area contributed by atoms with Gasteiger partial charge in [0, 0.05) is 21.0 Å². The zero-order valence-corrected chi connectivity index (χ0v) is 9.33. The zero-order chi connectivity index (χ0) is 11.6. The lowest BCUT2D eigenvalue weighted by Crippen LogP contribution is -2.17. The summed E-state index contributed by atoms with van der Waals surface area (Å²) in [5.41, 5.74) is 0. The van der Waals surface area contributed by atoms with Gasteiger partial charge in [-0.05, 0) is 6.92 Å². The Morgan fingerprint density at radius 1 is 1.14 bits per heavy atom. The number of ether oxygens (including phenoxy) is 3. The number of hydrogen-bond acceptors (Lipinski definition) is 5. The second kappa shape index (κ2) is 9.98. The summed E-state index contributed by atoms with van der Waals surface area (Å²) in [4.78, 5) is 19.8. The van der Waals surface area contributed by atoms with Crippen molar-refractivity contribution in [3.05, 3.63) is 0 Å². The fourth-order valence-corrected chi connectivity index (χ4v) is 0.552. The van der Waals surface area contributed by atoms with Gasteiger partial charge in [-0.2, -0.15) is 0 Å². The van der Waals surface area contributed by atoms with Gasteiger partial charge in [-0.15, -0.1) is 0 Å². The van der Waals surface area contributed by atoms with Gasteiger partial charge in [0.1, 0.15) is 6.10 Å². The summed E-state index contributed by atoms with van der Waals surface area (Å²) < 4.78 is 13.6. The summed E-state index contributed by atoms with van der Waals surface area (Å²) in [7, 11) is 2.92. The second-order valence-electron chi connectivity index (χ2n) is 2.57. The molecule has 0 heterocycles. The van der Waals surface area contributed by atoms with Gasteiger partial charge < -0.3 is 14.2 Å². The predicted octanol–water partition coefficient (Wildman–Crippen LogP) is 0.764. The number of methoxy groups -OCH3 is 2. The molecular weight excluding hydrogens is 188 g/mol. The van der Waals surface area contributed by atoms with E-state index in [4.69, 9.17) is 9.47 Å². The van der Waals surface area contributed by atoms with Crippen LogP contribution >= 0.6 is 0 Å². The van der Waals surface area contributed by atoms with Crippen LogP contribution in [0.15, 0.2) is 0 Å². The van der Waals surface area contributed by atoms with Gasteiger partial charge in [0.25, 0.3) is 0 Å². The standard InChI is InChI=1S/C6H12O3.C3H6O2/c1-5(4-8-3)9-6(2)7;1-3(4)5-2/h5H,4H2,1-3H3;1-2H3. The van der Waals surface area contributed by atoms with E-state index in [1.54, 1.807) is 14.0 Å². The highest BCUT2D eigenvalue weighted by Crippen LogP contribution is 1.90. The smallest absolute Gasteiger partial charge is 0.302 e. The average Bonchev–Trinajstić information content (AvgIpc) is 2.04. The molecule has 5 heteroatoms. The van der Waals surface area contributed by atoms with Crippen molar-refractivity contribution in [3.63, 3.8) is 0 Å². The van der Waals surface area contributed by atoms with Crippen LogP contribution in [0.4, 0.5) is 0 Å². The lowest BCUT2D eigenvalue weighted by Gasteiger charge is -2.08. The van der Waals surface area contributed by atoms with Crippen molar-refractivity contribution in [2.75, 3.05) is 20.8 Å². The third-order valence-electron chi connectivity index (χ3n) is 1.06. The minimum atomic E-state index is -0.264. The maximum atomic E-state index is 10.3. The van der Waals surface area contributed by atoms with Crippen LogP contribution in [0, 0.1) is 0 Å². The van der Waals surface area contributed by atoms with Crippen molar-refractivity contribution in [1.82, 2.24) is 0 Å². The summed E-state index contributed by atoms with van der Waals surface area (Å²) in [5, 5.41) is 0. The minimum Gasteiger partial charge on any atom is -0.469 e. The topological polar surface area (TPSA) is 61.8 Å². The highest BCUT2D eigenvalue weighted by atomic mass is 16.6. The molecule has 0 aromatic heterocycles. The van der Waals surface area contributed by atoms with Gasteiger partial charge in [0.05, 0.1) is 13.7 Å². The van der Waals surface area contributed by atoms with E-state index in [1.165, 1.54) is 21.0 Å². The van der Waals surface area contributed by atoms with Gasteiger partial charge in [-0.1, -0.05) is 0 Å². The van der Waals surface area contributed by atoms with E-state index in [2.05, 4.69) is 4.74 Å². The number of carbonyl (C=O) groups is 2. The van der Waals surface area contributed by atoms with Gasteiger partial charge in [-0.3, -0.25) is 9.59 Å². The molecule has 0 aliphatic carbocycles. The van der Waals surface area contributed by atoms with E-state index >= 15 is 0 Å². The van der Waals surface area contributed by atoms with Crippen molar-refractivity contribution in [2.24, 2.45) is 0 Å². The number of hydrogen-bond donors (Lipinski definition) is 0. The van der Waals surface area contributed by atoms with Crippen LogP contribution < -0.4 is 0 Å². The second-order valence-corrected chi connectivity index (χ2v) is 2.57. The molecule has 84 valence electrons. The molecular formula is C9H18O5. The molecule has 0 saturated heterocycles. The van der Waals surface area contributed by atoms with E-state index < -0.39 is 0 Å². The maximum absolute atomic E-state index is 10.3. The Labute approximate surface area is 84.3 Å². The first-order chi connectivity index (χ1) is 6.43. The fourth-order valence-electron chi connectivity index (χ4n) is 0.552. The van der Waals surface area contributed by atoms with E-state index in [-0.39, 0.29) is 18.0 Å². The van der Waals surface area contributed by atoms with Crippen molar-refractivity contribution < 1.29 is 23.8 Å². The molecule has 0 aliphatic heterocycles. The molecule has 0 fully saturated rings. The molecule has 1 unspecified atom stereocenters. The van der Waals surface area contributed by atoms with Crippen molar-refractivity contribution >= 4 is 11.9 Å². The normalized spacial score (nSPS) is 10.6. The highest BCUT2D eigenvalue weighted by molar-refractivity contribution is 5.66. The maximum Gasteiger partial charge on any atom is 0.302 e. The van der Waals surface area contributed by atoms with Crippen LogP contribution in [-0.2, 0) is 23.8 Å². The number of rotatable bonds is 3. The largest absolute Gasteiger partial charge is 0.469 e. The minimum absolute atomic E-state index is 0.132. The predicted molar refractivity (Wildman–Crippen MR) is 50.8 cm³/mol. The Bertz CT molecular complexity index is 167. The van der Waals surface area contributed by atoms with E-state index in [9.17, 15) is 9.59 Å². The Hall–Kier alpha value is -1.10. The molecule has 1 atom stereocenters. The van der Waals surface area contributed by atoms with Crippen LogP contribution in [-0.4, -0.2) is 38.9 Å². The summed E-state index contributed by atoms with van der Waals surface area (Å²) in [5.74, 6) is -0.510. The summed E-state index contributed by atoms with van der Waals surface area (Å²) in [6.07, 6.45) is -0.132. The lowest BCUT2D eigenvalue weighted by atomic mass is 10.4. The Kier molecular flexibility index (Phi) is 11.0. The first-order valence-electron chi connectivity index (χ1n) is 4.14. The Morgan fingerprint density at radius 2 is 1.57 bits per heavy atom. The third kappa shape index (κ3) is 17.1. The van der Waals surface area contributed by atoms with E-state index in [0.29, 0.717) is 6.61 Å². The van der Waals surface area contributed by atoms with Gasteiger partial charge in [0.15, 0.2) is 0 Å². The van der Waals surface area contributed by atoms with Crippen LogP contribution in [0.25, 0.3) is 0 Å². The molecule has 14 heavy (non-hydrogen) atoms. The van der Waals surface area contributed by atoms with E-state index in [0.717, 1.165) is 0 Å². The molecule has 0 spiro atoms. The van der Waals surface area contributed by atoms with Gasteiger partial charge >= 0.3 is 11.9 Å². The van der Waals surface area contributed by atoms with Crippen LogP contribution in [0.1, 0.15) is 20.8 Å². The van der Waals surface area contributed by atoms with Crippen molar-refractivity contribution in [1.29, 1.82) is 0 Å². The molecule has 0 bridgehead atoms. The molecule has 0 radical (unpaired) electrons. The zero-order valence-electron chi connectivity index (χ0n) is 9.33. The van der Waals surface area contributed by atoms with Crippen LogP contribution in [0.3, 0.4) is 0 Å².